The van der Waals surface area contributed by atoms with Crippen LogP contribution >= 0.6 is 0 Å². The summed E-state index contributed by atoms with van der Waals surface area (Å²) in [6.07, 6.45) is 9.12. The molecule has 1 unspecified atom stereocenters. The van der Waals surface area contributed by atoms with E-state index in [0.29, 0.717) is 13.1 Å². The molecular weight excluding hydrogens is 394 g/mol. The van der Waals surface area contributed by atoms with Crippen LogP contribution in [-0.2, 0) is 14.3 Å². The van der Waals surface area contributed by atoms with E-state index >= 15 is 0 Å². The van der Waals surface area contributed by atoms with Crippen molar-refractivity contribution in [2.24, 2.45) is 5.92 Å². The van der Waals surface area contributed by atoms with Crippen molar-refractivity contribution in [2.45, 2.75) is 50.7 Å². The molecule has 0 radical (unpaired) electrons. The fraction of sp³-hybridized carbons (Fsp3) is 0.542. The van der Waals surface area contributed by atoms with Crippen LogP contribution in [0.25, 0.3) is 10.8 Å². The largest absolute Gasteiger partial charge is 0.490 e. The molecule has 1 atom stereocenters. The van der Waals surface area contributed by atoms with E-state index in [2.05, 4.69) is 10.3 Å². The molecule has 4 rings (SSSR count). The molecule has 1 aliphatic carbocycles. The summed E-state index contributed by atoms with van der Waals surface area (Å²) in [6.45, 7) is 1.27. The molecule has 1 saturated carbocycles. The molecule has 166 valence electrons. The summed E-state index contributed by atoms with van der Waals surface area (Å²) in [5, 5.41) is 5.38. The Morgan fingerprint density at radius 2 is 2.00 bits per heavy atom. The molecule has 1 aromatic carbocycles. The number of amides is 2. The molecule has 2 heterocycles. The summed E-state index contributed by atoms with van der Waals surface area (Å²) in [7, 11) is 1.52. The maximum Gasteiger partial charge on any atom is 0.248 e. The van der Waals surface area contributed by atoms with Gasteiger partial charge in [0.25, 0.3) is 0 Å². The van der Waals surface area contributed by atoms with Crippen molar-refractivity contribution in [3.8, 4) is 5.75 Å². The molecule has 7 heteroatoms. The first kappa shape index (κ1) is 21.6. The number of fused-ring (bicyclic) bond motifs is 1. The third-order valence-electron chi connectivity index (χ3n) is 6.37. The van der Waals surface area contributed by atoms with Gasteiger partial charge in [-0.25, -0.2) is 0 Å². The summed E-state index contributed by atoms with van der Waals surface area (Å²) in [5.74, 6) is 0.797. The number of carbonyl (C=O) groups is 2. The number of hydrogen-bond donors (Lipinski definition) is 1. The van der Waals surface area contributed by atoms with Gasteiger partial charge in [0, 0.05) is 49.4 Å². The van der Waals surface area contributed by atoms with E-state index in [-0.39, 0.29) is 36.5 Å². The second-order valence-corrected chi connectivity index (χ2v) is 8.56. The number of ether oxygens (including phenoxy) is 2. The molecule has 7 nitrogen and oxygen atoms in total. The van der Waals surface area contributed by atoms with Gasteiger partial charge < -0.3 is 19.7 Å². The first-order chi connectivity index (χ1) is 15.1. The van der Waals surface area contributed by atoms with Crippen LogP contribution in [0.4, 0.5) is 0 Å². The zero-order valence-corrected chi connectivity index (χ0v) is 18.1. The lowest BCUT2D eigenvalue weighted by Crippen LogP contribution is -2.49. The molecule has 2 aromatic rings. The molecule has 0 bridgehead atoms. The van der Waals surface area contributed by atoms with E-state index in [1.54, 1.807) is 11.1 Å². The number of aromatic nitrogens is 1. The predicted octanol–water partition coefficient (Wildman–Crippen LogP) is 2.93. The Morgan fingerprint density at radius 1 is 1.16 bits per heavy atom. The number of carbonyl (C=O) groups excluding carboxylic acids is 2. The van der Waals surface area contributed by atoms with E-state index in [4.69, 9.17) is 9.47 Å². The maximum atomic E-state index is 12.8. The van der Waals surface area contributed by atoms with Crippen LogP contribution in [-0.4, -0.2) is 60.7 Å². The fourth-order valence-electron chi connectivity index (χ4n) is 4.65. The lowest BCUT2D eigenvalue weighted by Gasteiger charge is -2.34. The van der Waals surface area contributed by atoms with Crippen molar-refractivity contribution in [3.63, 3.8) is 0 Å². The van der Waals surface area contributed by atoms with Crippen molar-refractivity contribution in [2.75, 3.05) is 26.8 Å². The number of nitrogens with one attached hydrogen (secondary N) is 1. The summed E-state index contributed by atoms with van der Waals surface area (Å²) in [6, 6.07) is 8.21. The first-order valence-corrected chi connectivity index (χ1v) is 11.2. The maximum absolute atomic E-state index is 12.8. The third-order valence-corrected chi connectivity index (χ3v) is 6.37. The van der Waals surface area contributed by atoms with Gasteiger partial charge in [-0.1, -0.05) is 12.1 Å². The quantitative estimate of drug-likeness (QED) is 0.770. The minimum atomic E-state index is -0.132. The topological polar surface area (TPSA) is 80.8 Å². The number of hydrogen-bond acceptors (Lipinski definition) is 5. The minimum Gasteiger partial charge on any atom is -0.490 e. The van der Waals surface area contributed by atoms with Gasteiger partial charge in [0.05, 0.1) is 12.0 Å². The second kappa shape index (κ2) is 10.1. The molecule has 2 amide bonds. The number of pyridine rings is 1. The number of piperidine rings is 1. The Kier molecular flexibility index (Phi) is 7.02. The molecule has 2 fully saturated rings. The zero-order chi connectivity index (χ0) is 21.6. The Bertz CT molecular complexity index is 905. The summed E-state index contributed by atoms with van der Waals surface area (Å²) >= 11 is 0. The van der Waals surface area contributed by atoms with Gasteiger partial charge in [0.1, 0.15) is 12.4 Å². The van der Waals surface area contributed by atoms with E-state index in [9.17, 15) is 9.59 Å². The standard InChI is InChI=1S/C24H31N3O4/c1-30-16-23(28)27-13-3-5-18(15-27)24(29)26-19-7-9-20(10-8-19)31-22-6-2-4-17-14-25-12-11-21(17)22/h2,4,6,11-12,14,18-20H,3,5,7-10,13,15-16H2,1H3,(H,26,29). The number of methoxy groups -OCH3 is 1. The van der Waals surface area contributed by atoms with Gasteiger partial charge in [-0.05, 0) is 50.7 Å². The Morgan fingerprint density at radius 3 is 2.81 bits per heavy atom. The molecule has 1 aliphatic heterocycles. The minimum absolute atomic E-state index is 0.0399. The summed E-state index contributed by atoms with van der Waals surface area (Å²) < 4.78 is 11.2. The molecule has 31 heavy (non-hydrogen) atoms. The zero-order valence-electron chi connectivity index (χ0n) is 18.1. The van der Waals surface area contributed by atoms with Crippen LogP contribution in [0, 0.1) is 5.92 Å². The van der Waals surface area contributed by atoms with Gasteiger partial charge in [-0.2, -0.15) is 0 Å². The highest BCUT2D eigenvalue weighted by Crippen LogP contribution is 2.29. The van der Waals surface area contributed by atoms with E-state index in [0.717, 1.165) is 55.0 Å². The first-order valence-electron chi connectivity index (χ1n) is 11.2. The SMILES string of the molecule is COCC(=O)N1CCCC(C(=O)NC2CCC(Oc3cccc4cnccc34)CC2)C1. The highest BCUT2D eigenvalue weighted by atomic mass is 16.5. The number of benzene rings is 1. The molecular formula is C24H31N3O4. The Balaban J connectivity index is 1.26. The van der Waals surface area contributed by atoms with Crippen LogP contribution in [0.2, 0.25) is 0 Å². The van der Waals surface area contributed by atoms with Crippen LogP contribution in [0.1, 0.15) is 38.5 Å². The van der Waals surface area contributed by atoms with Crippen LogP contribution in [0.3, 0.4) is 0 Å². The van der Waals surface area contributed by atoms with E-state index in [1.807, 2.05) is 30.5 Å². The fourth-order valence-corrected chi connectivity index (χ4v) is 4.65. The summed E-state index contributed by atoms with van der Waals surface area (Å²) in [4.78, 5) is 30.8. The molecule has 2 aliphatic rings. The smallest absolute Gasteiger partial charge is 0.248 e. The van der Waals surface area contributed by atoms with Gasteiger partial charge in [-0.15, -0.1) is 0 Å². The normalized spacial score (nSPS) is 24.0. The van der Waals surface area contributed by atoms with Crippen LogP contribution in [0.5, 0.6) is 5.75 Å². The van der Waals surface area contributed by atoms with Gasteiger partial charge in [-0.3, -0.25) is 14.6 Å². The van der Waals surface area contributed by atoms with Crippen LogP contribution in [0.15, 0.2) is 36.7 Å². The lowest BCUT2D eigenvalue weighted by molar-refractivity contribution is -0.139. The molecule has 0 spiro atoms. The molecule has 1 N–H and O–H groups in total. The van der Waals surface area contributed by atoms with Crippen molar-refractivity contribution >= 4 is 22.6 Å². The van der Waals surface area contributed by atoms with Crippen molar-refractivity contribution < 1.29 is 19.1 Å². The second-order valence-electron chi connectivity index (χ2n) is 8.56. The van der Waals surface area contributed by atoms with Gasteiger partial charge >= 0.3 is 0 Å². The van der Waals surface area contributed by atoms with Crippen molar-refractivity contribution in [3.05, 3.63) is 36.7 Å². The average molecular weight is 426 g/mol. The highest BCUT2D eigenvalue weighted by molar-refractivity contribution is 5.87. The summed E-state index contributed by atoms with van der Waals surface area (Å²) in [5.41, 5.74) is 0. The Labute approximate surface area is 183 Å². The third kappa shape index (κ3) is 5.34. The number of rotatable bonds is 6. The molecule has 1 saturated heterocycles. The van der Waals surface area contributed by atoms with Crippen molar-refractivity contribution in [1.82, 2.24) is 15.2 Å². The van der Waals surface area contributed by atoms with E-state index in [1.165, 1.54) is 7.11 Å². The lowest BCUT2D eigenvalue weighted by atomic mass is 9.91. The van der Waals surface area contributed by atoms with Crippen molar-refractivity contribution in [1.29, 1.82) is 0 Å². The number of nitrogens with zero attached hydrogens (tertiary/aromatic N) is 2. The average Bonchev–Trinajstić information content (AvgIpc) is 2.81. The van der Waals surface area contributed by atoms with Gasteiger partial charge in [0.15, 0.2) is 0 Å². The monoisotopic (exact) mass is 425 g/mol. The van der Waals surface area contributed by atoms with Crippen LogP contribution < -0.4 is 10.1 Å². The predicted molar refractivity (Wildman–Crippen MR) is 118 cm³/mol. The Hall–Kier alpha value is -2.67. The molecule has 1 aromatic heterocycles. The van der Waals surface area contributed by atoms with Gasteiger partial charge in [0.2, 0.25) is 11.8 Å². The number of likely N-dealkylation sites (tertiary alicyclic amines) is 1. The van der Waals surface area contributed by atoms with E-state index < -0.39 is 0 Å². The highest BCUT2D eigenvalue weighted by Gasteiger charge is 2.31.